The Morgan fingerprint density at radius 3 is 2.77 bits per heavy atom. The van der Waals surface area contributed by atoms with E-state index < -0.39 is 0 Å². The zero-order valence-corrected chi connectivity index (χ0v) is 15.2. The molecule has 7 nitrogen and oxygen atoms in total. The standard InChI is InChI=1S/C18H21N3O4S/c22-18(20-9-11-25-12-10-20)7-8-19-13-14-5-6-17(26-14)15-3-1-2-4-16(15)21(23)24/h1-6,19H,7-13H2. The van der Waals surface area contributed by atoms with E-state index in [4.69, 9.17) is 4.74 Å². The summed E-state index contributed by atoms with van der Waals surface area (Å²) in [6.45, 7) is 3.81. The molecule has 0 saturated carbocycles. The normalized spacial score (nSPS) is 14.4. The Bertz CT molecular complexity index is 771. The number of hydrogen-bond acceptors (Lipinski definition) is 6. The van der Waals surface area contributed by atoms with Crippen molar-refractivity contribution < 1.29 is 14.5 Å². The fourth-order valence-electron chi connectivity index (χ4n) is 2.84. The highest BCUT2D eigenvalue weighted by Gasteiger charge is 2.17. The van der Waals surface area contributed by atoms with Crippen LogP contribution in [0.25, 0.3) is 10.4 Å². The van der Waals surface area contributed by atoms with Gasteiger partial charge in [-0.2, -0.15) is 0 Å². The van der Waals surface area contributed by atoms with Gasteiger partial charge in [-0.15, -0.1) is 11.3 Å². The first kappa shape index (κ1) is 18.5. The van der Waals surface area contributed by atoms with Gasteiger partial charge in [-0.05, 0) is 18.2 Å². The van der Waals surface area contributed by atoms with E-state index in [0.29, 0.717) is 51.4 Å². The topological polar surface area (TPSA) is 84.7 Å². The van der Waals surface area contributed by atoms with Crippen molar-refractivity contribution in [2.24, 2.45) is 0 Å². The van der Waals surface area contributed by atoms with Crippen LogP contribution in [-0.4, -0.2) is 48.6 Å². The average molecular weight is 375 g/mol. The average Bonchev–Trinajstić information content (AvgIpc) is 3.14. The zero-order valence-electron chi connectivity index (χ0n) is 14.3. The van der Waals surface area contributed by atoms with Crippen LogP contribution in [0.4, 0.5) is 5.69 Å². The number of nitro groups is 1. The maximum Gasteiger partial charge on any atom is 0.278 e. The van der Waals surface area contributed by atoms with Crippen molar-refractivity contribution in [3.05, 3.63) is 51.4 Å². The van der Waals surface area contributed by atoms with Crippen LogP contribution < -0.4 is 5.32 Å². The number of thiophene rings is 1. The lowest BCUT2D eigenvalue weighted by molar-refractivity contribution is -0.384. The molecule has 1 saturated heterocycles. The van der Waals surface area contributed by atoms with Crippen molar-refractivity contribution >= 4 is 22.9 Å². The molecule has 138 valence electrons. The Labute approximate surface area is 155 Å². The van der Waals surface area contributed by atoms with Crippen LogP contribution in [0.1, 0.15) is 11.3 Å². The fourth-order valence-corrected chi connectivity index (χ4v) is 3.85. The Morgan fingerprint density at radius 1 is 1.23 bits per heavy atom. The van der Waals surface area contributed by atoms with Crippen LogP contribution in [0.15, 0.2) is 36.4 Å². The molecule has 1 aliphatic rings. The summed E-state index contributed by atoms with van der Waals surface area (Å²) in [4.78, 5) is 26.7. The van der Waals surface area contributed by atoms with E-state index in [2.05, 4.69) is 5.32 Å². The van der Waals surface area contributed by atoms with E-state index in [1.165, 1.54) is 17.4 Å². The summed E-state index contributed by atoms with van der Waals surface area (Å²) in [5.74, 6) is 0.146. The van der Waals surface area contributed by atoms with Crippen molar-refractivity contribution in [1.82, 2.24) is 10.2 Å². The number of ether oxygens (including phenoxy) is 1. The number of morpholine rings is 1. The summed E-state index contributed by atoms with van der Waals surface area (Å²) < 4.78 is 5.25. The number of carbonyl (C=O) groups excluding carboxylic acids is 1. The summed E-state index contributed by atoms with van der Waals surface area (Å²) >= 11 is 1.53. The lowest BCUT2D eigenvalue weighted by Crippen LogP contribution is -2.41. The summed E-state index contributed by atoms with van der Waals surface area (Å²) in [6.07, 6.45) is 0.461. The molecule has 0 radical (unpaired) electrons. The lowest BCUT2D eigenvalue weighted by Gasteiger charge is -2.26. The monoisotopic (exact) mass is 375 g/mol. The van der Waals surface area contributed by atoms with E-state index >= 15 is 0 Å². The van der Waals surface area contributed by atoms with Crippen LogP contribution in [0.5, 0.6) is 0 Å². The van der Waals surface area contributed by atoms with E-state index in [9.17, 15) is 14.9 Å². The van der Waals surface area contributed by atoms with Crippen LogP contribution in [0.3, 0.4) is 0 Å². The second kappa shape index (κ2) is 8.88. The van der Waals surface area contributed by atoms with Gasteiger partial charge in [-0.3, -0.25) is 14.9 Å². The predicted octanol–water partition coefficient (Wildman–Crippen LogP) is 2.66. The largest absolute Gasteiger partial charge is 0.378 e. The molecule has 1 aliphatic heterocycles. The quantitative estimate of drug-likeness (QED) is 0.457. The second-order valence-electron chi connectivity index (χ2n) is 5.96. The van der Waals surface area contributed by atoms with E-state index in [-0.39, 0.29) is 16.5 Å². The Hall–Kier alpha value is -2.29. The molecular weight excluding hydrogens is 354 g/mol. The van der Waals surface area contributed by atoms with Gasteiger partial charge in [-0.25, -0.2) is 0 Å². The highest BCUT2D eigenvalue weighted by atomic mass is 32.1. The van der Waals surface area contributed by atoms with E-state index in [1.807, 2.05) is 17.0 Å². The number of rotatable bonds is 7. The lowest BCUT2D eigenvalue weighted by atomic mass is 10.1. The molecule has 0 unspecified atom stereocenters. The van der Waals surface area contributed by atoms with E-state index in [1.54, 1.807) is 18.2 Å². The molecule has 0 bridgehead atoms. The van der Waals surface area contributed by atoms with Gasteiger partial charge in [0.2, 0.25) is 5.91 Å². The number of para-hydroxylation sites is 1. The fraction of sp³-hybridized carbons (Fsp3) is 0.389. The van der Waals surface area contributed by atoms with Crippen molar-refractivity contribution in [3.8, 4) is 10.4 Å². The van der Waals surface area contributed by atoms with E-state index in [0.717, 1.165) is 9.75 Å². The third-order valence-corrected chi connectivity index (χ3v) is 5.33. The van der Waals surface area contributed by atoms with Crippen molar-refractivity contribution in [1.29, 1.82) is 0 Å². The number of hydrogen-bond donors (Lipinski definition) is 1. The molecule has 8 heteroatoms. The summed E-state index contributed by atoms with van der Waals surface area (Å²) in [6, 6.07) is 10.6. The van der Waals surface area contributed by atoms with Gasteiger partial charge in [0.1, 0.15) is 0 Å². The second-order valence-corrected chi connectivity index (χ2v) is 7.13. The molecule has 2 aromatic rings. The molecule has 3 rings (SSSR count). The number of carbonyl (C=O) groups is 1. The van der Waals surface area contributed by atoms with Gasteiger partial charge in [0.05, 0.1) is 23.7 Å². The molecule has 2 heterocycles. The molecule has 1 fully saturated rings. The molecule has 0 atom stereocenters. The van der Waals surface area contributed by atoms with Crippen LogP contribution in [-0.2, 0) is 16.1 Å². The molecule has 1 N–H and O–H groups in total. The van der Waals surface area contributed by atoms with Crippen molar-refractivity contribution in [2.45, 2.75) is 13.0 Å². The van der Waals surface area contributed by atoms with Gasteiger partial charge in [-0.1, -0.05) is 12.1 Å². The highest BCUT2D eigenvalue weighted by molar-refractivity contribution is 7.15. The van der Waals surface area contributed by atoms with Crippen LogP contribution in [0.2, 0.25) is 0 Å². The Kier molecular flexibility index (Phi) is 6.32. The third kappa shape index (κ3) is 4.66. The molecule has 1 amide bonds. The number of nitrogens with one attached hydrogen (secondary N) is 1. The first-order valence-corrected chi connectivity index (χ1v) is 9.35. The van der Waals surface area contributed by atoms with Crippen molar-refractivity contribution in [2.75, 3.05) is 32.8 Å². The van der Waals surface area contributed by atoms with Gasteiger partial charge < -0.3 is 15.0 Å². The minimum atomic E-state index is -0.357. The number of benzene rings is 1. The Morgan fingerprint density at radius 2 is 2.00 bits per heavy atom. The van der Waals surface area contributed by atoms with Crippen molar-refractivity contribution in [3.63, 3.8) is 0 Å². The Balaban J connectivity index is 1.50. The first-order chi connectivity index (χ1) is 12.6. The molecule has 0 aliphatic carbocycles. The maximum absolute atomic E-state index is 12.1. The molecule has 26 heavy (non-hydrogen) atoms. The minimum Gasteiger partial charge on any atom is -0.378 e. The number of nitro benzene ring substituents is 1. The molecule has 1 aromatic carbocycles. The molecule has 1 aromatic heterocycles. The maximum atomic E-state index is 12.1. The SMILES string of the molecule is O=C(CCNCc1ccc(-c2ccccc2[N+](=O)[O-])s1)N1CCOCC1. The molecule has 0 spiro atoms. The first-order valence-electron chi connectivity index (χ1n) is 8.54. The molecular formula is C18H21N3O4S. The predicted molar refractivity (Wildman–Crippen MR) is 100 cm³/mol. The summed E-state index contributed by atoms with van der Waals surface area (Å²) in [7, 11) is 0. The smallest absolute Gasteiger partial charge is 0.278 e. The summed E-state index contributed by atoms with van der Waals surface area (Å²) in [5.41, 5.74) is 0.751. The zero-order chi connectivity index (χ0) is 18.4. The van der Waals surface area contributed by atoms with Gasteiger partial charge >= 0.3 is 0 Å². The number of amides is 1. The minimum absolute atomic E-state index is 0.116. The van der Waals surface area contributed by atoms with Gasteiger partial charge in [0, 0.05) is 48.4 Å². The van der Waals surface area contributed by atoms with Crippen LogP contribution >= 0.6 is 11.3 Å². The third-order valence-electron chi connectivity index (χ3n) is 4.21. The highest BCUT2D eigenvalue weighted by Crippen LogP contribution is 2.34. The summed E-state index contributed by atoms with van der Waals surface area (Å²) in [5, 5.41) is 14.4. The van der Waals surface area contributed by atoms with Gasteiger partial charge in [0.15, 0.2) is 0 Å². The van der Waals surface area contributed by atoms with Crippen LogP contribution in [0, 0.1) is 10.1 Å². The number of nitrogens with zero attached hydrogens (tertiary/aromatic N) is 2. The van der Waals surface area contributed by atoms with Gasteiger partial charge in [0.25, 0.3) is 5.69 Å².